The van der Waals surface area contributed by atoms with Crippen LogP contribution in [0, 0.1) is 6.92 Å². The zero-order valence-corrected chi connectivity index (χ0v) is 13.0. The van der Waals surface area contributed by atoms with Crippen LogP contribution < -0.4 is 0 Å². The number of thioether (sulfide) groups is 1. The molecule has 0 unspecified atom stereocenters. The van der Waals surface area contributed by atoms with E-state index < -0.39 is 0 Å². The Morgan fingerprint density at radius 2 is 2.00 bits per heavy atom. The van der Waals surface area contributed by atoms with Crippen molar-refractivity contribution in [2.45, 2.75) is 11.8 Å². The van der Waals surface area contributed by atoms with E-state index >= 15 is 0 Å². The molecule has 0 N–H and O–H groups in total. The summed E-state index contributed by atoms with van der Waals surface area (Å²) >= 11 is 7.36. The molecule has 0 fully saturated rings. The number of imidazole rings is 1. The highest BCUT2D eigenvalue weighted by molar-refractivity contribution is 8.00. The number of fused-ring (bicyclic) bond motifs is 1. The van der Waals surface area contributed by atoms with Crippen molar-refractivity contribution < 1.29 is 4.79 Å². The summed E-state index contributed by atoms with van der Waals surface area (Å²) in [6.07, 6.45) is 1.87. The van der Waals surface area contributed by atoms with Crippen LogP contribution in [-0.4, -0.2) is 20.9 Å². The first-order chi connectivity index (χ1) is 10.1. The van der Waals surface area contributed by atoms with Gasteiger partial charge in [-0.05, 0) is 43.3 Å². The second-order valence-corrected chi connectivity index (χ2v) is 6.13. The average Bonchev–Trinajstić information content (AvgIpc) is 2.82. The van der Waals surface area contributed by atoms with Crippen LogP contribution in [0.2, 0.25) is 5.02 Å². The molecule has 0 saturated heterocycles. The predicted octanol–water partition coefficient (Wildman–Crippen LogP) is 4.27. The summed E-state index contributed by atoms with van der Waals surface area (Å²) in [5.74, 6) is 0.455. The van der Waals surface area contributed by atoms with Crippen molar-refractivity contribution in [1.29, 1.82) is 0 Å². The van der Waals surface area contributed by atoms with Gasteiger partial charge in [0.05, 0.1) is 11.4 Å². The molecule has 3 aromatic rings. The number of nitrogens with zero attached hydrogens (tertiary/aromatic N) is 2. The lowest BCUT2D eigenvalue weighted by Crippen LogP contribution is -2.07. The summed E-state index contributed by atoms with van der Waals surface area (Å²) in [7, 11) is 0. The minimum absolute atomic E-state index is 0.0751. The monoisotopic (exact) mass is 316 g/mol. The summed E-state index contributed by atoms with van der Waals surface area (Å²) in [4.78, 5) is 17.9. The molecule has 0 bridgehead atoms. The number of carbonyl (C=O) groups is 1. The van der Waals surface area contributed by atoms with Crippen LogP contribution in [0.3, 0.4) is 0 Å². The number of rotatable bonds is 4. The van der Waals surface area contributed by atoms with Gasteiger partial charge < -0.3 is 0 Å². The van der Waals surface area contributed by atoms with E-state index in [1.807, 2.05) is 60.0 Å². The fourth-order valence-corrected chi connectivity index (χ4v) is 3.09. The summed E-state index contributed by atoms with van der Waals surface area (Å²) in [6, 6.07) is 13.2. The fraction of sp³-hybridized carbons (Fsp3) is 0.125. The number of Topliss-reactive ketones (excluding diaryl/α,β-unsaturated/α-hetero) is 1. The average molecular weight is 317 g/mol. The molecule has 2 aromatic heterocycles. The van der Waals surface area contributed by atoms with Crippen LogP contribution in [0.25, 0.3) is 5.65 Å². The predicted molar refractivity (Wildman–Crippen MR) is 86.4 cm³/mol. The maximum atomic E-state index is 12.5. The SMILES string of the molecule is Cc1nc2ccccn2c1C(=O)CSc1ccc(Cl)cc1. The van der Waals surface area contributed by atoms with E-state index in [2.05, 4.69) is 4.98 Å². The van der Waals surface area contributed by atoms with Gasteiger partial charge in [0.25, 0.3) is 0 Å². The smallest absolute Gasteiger partial charge is 0.191 e. The molecule has 3 rings (SSSR count). The highest BCUT2D eigenvalue weighted by Gasteiger charge is 2.16. The van der Waals surface area contributed by atoms with Gasteiger partial charge in [-0.1, -0.05) is 17.7 Å². The first-order valence-electron chi connectivity index (χ1n) is 6.50. The number of pyridine rings is 1. The minimum Gasteiger partial charge on any atom is -0.297 e. The molecule has 106 valence electrons. The van der Waals surface area contributed by atoms with E-state index in [0.717, 1.165) is 16.2 Å². The van der Waals surface area contributed by atoms with Gasteiger partial charge in [0.2, 0.25) is 0 Å². The van der Waals surface area contributed by atoms with Crippen LogP contribution >= 0.6 is 23.4 Å². The largest absolute Gasteiger partial charge is 0.297 e. The quantitative estimate of drug-likeness (QED) is 0.532. The van der Waals surface area contributed by atoms with Crippen molar-refractivity contribution in [2.24, 2.45) is 0 Å². The molecule has 0 saturated carbocycles. The van der Waals surface area contributed by atoms with Crippen molar-refractivity contribution in [2.75, 3.05) is 5.75 Å². The van der Waals surface area contributed by atoms with Crippen molar-refractivity contribution in [1.82, 2.24) is 9.38 Å². The Balaban J connectivity index is 1.81. The fourth-order valence-electron chi connectivity index (χ4n) is 2.20. The molecule has 3 nitrogen and oxygen atoms in total. The lowest BCUT2D eigenvalue weighted by atomic mass is 10.2. The zero-order valence-electron chi connectivity index (χ0n) is 11.4. The highest BCUT2D eigenvalue weighted by atomic mass is 35.5. The molecule has 0 aliphatic rings. The third kappa shape index (κ3) is 2.96. The Morgan fingerprint density at radius 1 is 1.24 bits per heavy atom. The molecule has 0 atom stereocenters. The van der Waals surface area contributed by atoms with E-state index in [9.17, 15) is 4.79 Å². The molecule has 0 spiro atoms. The Labute approximate surface area is 132 Å². The summed E-state index contributed by atoms with van der Waals surface area (Å²) < 4.78 is 1.85. The van der Waals surface area contributed by atoms with Gasteiger partial charge in [0.1, 0.15) is 11.3 Å². The second-order valence-electron chi connectivity index (χ2n) is 4.64. The summed E-state index contributed by atoms with van der Waals surface area (Å²) in [6.45, 7) is 1.87. The van der Waals surface area contributed by atoms with Crippen molar-refractivity contribution in [3.8, 4) is 0 Å². The highest BCUT2D eigenvalue weighted by Crippen LogP contribution is 2.22. The number of aryl methyl sites for hydroxylation is 1. The van der Waals surface area contributed by atoms with Gasteiger partial charge in [-0.25, -0.2) is 4.98 Å². The standard InChI is InChI=1S/C16H13ClN2OS/c1-11-16(19-9-3-2-4-15(19)18-11)14(20)10-21-13-7-5-12(17)6-8-13/h2-9H,10H2,1H3. The Morgan fingerprint density at radius 3 is 2.76 bits per heavy atom. The lowest BCUT2D eigenvalue weighted by Gasteiger charge is -2.03. The Kier molecular flexibility index (Phi) is 3.99. The van der Waals surface area contributed by atoms with Gasteiger partial charge in [0.15, 0.2) is 5.78 Å². The maximum absolute atomic E-state index is 12.5. The van der Waals surface area contributed by atoms with E-state index in [1.165, 1.54) is 11.8 Å². The second kappa shape index (κ2) is 5.92. The molecule has 5 heteroatoms. The number of benzene rings is 1. The maximum Gasteiger partial charge on any atom is 0.191 e. The molecule has 2 heterocycles. The van der Waals surface area contributed by atoms with Gasteiger partial charge in [-0.2, -0.15) is 0 Å². The van der Waals surface area contributed by atoms with Gasteiger partial charge in [0, 0.05) is 16.1 Å². The van der Waals surface area contributed by atoms with E-state index in [-0.39, 0.29) is 5.78 Å². The van der Waals surface area contributed by atoms with Crippen LogP contribution in [-0.2, 0) is 0 Å². The van der Waals surface area contributed by atoms with Gasteiger partial charge in [-0.3, -0.25) is 9.20 Å². The molecule has 0 aliphatic carbocycles. The summed E-state index contributed by atoms with van der Waals surface area (Å²) in [5, 5.41) is 0.698. The van der Waals surface area contributed by atoms with Gasteiger partial charge in [-0.15, -0.1) is 11.8 Å². The Hall–Kier alpha value is -1.78. The number of hydrogen-bond donors (Lipinski definition) is 0. The molecule has 21 heavy (non-hydrogen) atoms. The van der Waals surface area contributed by atoms with Crippen LogP contribution in [0.15, 0.2) is 53.6 Å². The Bertz CT molecular complexity index is 796. The molecule has 1 aromatic carbocycles. The molecular formula is C16H13ClN2OS. The lowest BCUT2D eigenvalue weighted by molar-refractivity contribution is 0.101. The zero-order chi connectivity index (χ0) is 14.8. The normalized spacial score (nSPS) is 11.0. The molecule has 0 aliphatic heterocycles. The number of hydrogen-bond acceptors (Lipinski definition) is 3. The molecular weight excluding hydrogens is 304 g/mol. The van der Waals surface area contributed by atoms with Gasteiger partial charge >= 0.3 is 0 Å². The van der Waals surface area contributed by atoms with E-state index in [0.29, 0.717) is 16.5 Å². The van der Waals surface area contributed by atoms with Crippen LogP contribution in [0.5, 0.6) is 0 Å². The van der Waals surface area contributed by atoms with Crippen LogP contribution in [0.1, 0.15) is 16.2 Å². The number of ketones is 1. The first-order valence-corrected chi connectivity index (χ1v) is 7.87. The van der Waals surface area contributed by atoms with E-state index in [4.69, 9.17) is 11.6 Å². The topological polar surface area (TPSA) is 34.4 Å². The minimum atomic E-state index is 0.0751. The summed E-state index contributed by atoms with van der Waals surface area (Å²) in [5.41, 5.74) is 2.23. The number of aromatic nitrogens is 2. The number of carbonyl (C=O) groups excluding carboxylic acids is 1. The number of halogens is 1. The van der Waals surface area contributed by atoms with Crippen LogP contribution in [0.4, 0.5) is 0 Å². The van der Waals surface area contributed by atoms with Crippen molar-refractivity contribution >= 4 is 34.8 Å². The first kappa shape index (κ1) is 14.2. The third-order valence-corrected chi connectivity index (χ3v) is 4.42. The third-order valence-electron chi connectivity index (χ3n) is 3.15. The van der Waals surface area contributed by atoms with Crippen molar-refractivity contribution in [3.63, 3.8) is 0 Å². The molecule has 0 amide bonds. The van der Waals surface area contributed by atoms with E-state index in [1.54, 1.807) is 0 Å². The van der Waals surface area contributed by atoms with Crippen molar-refractivity contribution in [3.05, 3.63) is 65.1 Å². The molecule has 0 radical (unpaired) electrons.